The Balaban J connectivity index is 1.79. The SMILES string of the molecule is C[n+]1ccccc1CCCCCCCCCCCCCCC(=O)O. The molecule has 136 valence electrons. The number of pyridine rings is 1. The molecule has 1 heterocycles. The summed E-state index contributed by atoms with van der Waals surface area (Å²) in [5.41, 5.74) is 1.43. The van der Waals surface area contributed by atoms with E-state index in [1.54, 1.807) is 0 Å². The van der Waals surface area contributed by atoms with E-state index in [4.69, 9.17) is 5.11 Å². The predicted molar refractivity (Wildman–Crippen MR) is 99.0 cm³/mol. The van der Waals surface area contributed by atoms with Gasteiger partial charge < -0.3 is 5.11 Å². The van der Waals surface area contributed by atoms with Gasteiger partial charge in [-0.05, 0) is 12.8 Å². The molecule has 1 N–H and O–H groups in total. The highest BCUT2D eigenvalue weighted by molar-refractivity contribution is 5.66. The van der Waals surface area contributed by atoms with Gasteiger partial charge in [0.15, 0.2) is 11.9 Å². The van der Waals surface area contributed by atoms with Crippen LogP contribution in [0.5, 0.6) is 0 Å². The summed E-state index contributed by atoms with van der Waals surface area (Å²) in [6, 6.07) is 6.43. The van der Waals surface area contributed by atoms with Crippen LogP contribution in [0.15, 0.2) is 24.4 Å². The molecule has 3 nitrogen and oxygen atoms in total. The molecule has 0 aliphatic rings. The van der Waals surface area contributed by atoms with Crippen molar-refractivity contribution in [3.8, 4) is 0 Å². The molecule has 0 aliphatic carbocycles. The van der Waals surface area contributed by atoms with Crippen LogP contribution in [-0.2, 0) is 18.3 Å². The van der Waals surface area contributed by atoms with Crippen molar-refractivity contribution in [3.63, 3.8) is 0 Å². The summed E-state index contributed by atoms with van der Waals surface area (Å²) in [7, 11) is 2.13. The van der Waals surface area contributed by atoms with Crippen molar-refractivity contribution in [2.75, 3.05) is 0 Å². The van der Waals surface area contributed by atoms with Crippen LogP contribution in [0.25, 0.3) is 0 Å². The van der Waals surface area contributed by atoms with Crippen molar-refractivity contribution in [2.24, 2.45) is 7.05 Å². The predicted octanol–water partition coefficient (Wildman–Crippen LogP) is 5.21. The van der Waals surface area contributed by atoms with Gasteiger partial charge in [0, 0.05) is 25.0 Å². The molecular formula is C21H36NO2+. The second-order valence-corrected chi connectivity index (χ2v) is 6.94. The van der Waals surface area contributed by atoms with Gasteiger partial charge in [-0.1, -0.05) is 70.3 Å². The standard InChI is InChI=1S/C21H35NO2/c1-22-19-15-14-17-20(22)16-12-10-8-6-4-2-3-5-7-9-11-13-18-21(23)24/h14-15,17,19H,2-13,16,18H2,1H3/p+1. The average Bonchev–Trinajstić information content (AvgIpc) is 2.56. The van der Waals surface area contributed by atoms with Crippen LogP contribution < -0.4 is 4.57 Å². The summed E-state index contributed by atoms with van der Waals surface area (Å²) in [6.07, 6.45) is 18.8. The van der Waals surface area contributed by atoms with Crippen molar-refractivity contribution in [1.82, 2.24) is 0 Å². The number of hydrogen-bond donors (Lipinski definition) is 1. The van der Waals surface area contributed by atoms with Crippen LogP contribution in [0.3, 0.4) is 0 Å². The first-order chi connectivity index (χ1) is 11.7. The second kappa shape index (κ2) is 14.0. The van der Waals surface area contributed by atoms with Crippen LogP contribution in [0.2, 0.25) is 0 Å². The molecule has 0 amide bonds. The van der Waals surface area contributed by atoms with E-state index in [0.717, 1.165) is 12.8 Å². The zero-order valence-electron chi connectivity index (χ0n) is 15.5. The van der Waals surface area contributed by atoms with Crippen molar-refractivity contribution >= 4 is 5.97 Å². The summed E-state index contributed by atoms with van der Waals surface area (Å²) in [4.78, 5) is 10.4. The lowest BCUT2D eigenvalue weighted by atomic mass is 10.0. The molecule has 24 heavy (non-hydrogen) atoms. The summed E-state index contributed by atoms with van der Waals surface area (Å²) < 4.78 is 2.22. The molecule has 0 fully saturated rings. The minimum Gasteiger partial charge on any atom is -0.481 e. The monoisotopic (exact) mass is 334 g/mol. The Hall–Kier alpha value is -1.38. The van der Waals surface area contributed by atoms with E-state index in [9.17, 15) is 4.79 Å². The summed E-state index contributed by atoms with van der Waals surface area (Å²) >= 11 is 0. The largest absolute Gasteiger partial charge is 0.481 e. The normalized spacial score (nSPS) is 10.9. The molecule has 1 aromatic rings. The summed E-state index contributed by atoms with van der Waals surface area (Å²) in [5, 5.41) is 8.56. The maximum absolute atomic E-state index is 10.4. The van der Waals surface area contributed by atoms with E-state index in [0.29, 0.717) is 6.42 Å². The molecule has 1 aromatic heterocycles. The Labute approximate surface area is 148 Å². The lowest BCUT2D eigenvalue weighted by Gasteiger charge is -2.03. The highest BCUT2D eigenvalue weighted by Gasteiger charge is 2.03. The van der Waals surface area contributed by atoms with Gasteiger partial charge >= 0.3 is 5.97 Å². The Bertz CT molecular complexity index is 445. The number of nitrogens with zero attached hydrogens (tertiary/aromatic N) is 1. The fourth-order valence-corrected chi connectivity index (χ4v) is 3.17. The van der Waals surface area contributed by atoms with E-state index >= 15 is 0 Å². The van der Waals surface area contributed by atoms with Crippen LogP contribution in [-0.4, -0.2) is 11.1 Å². The highest BCUT2D eigenvalue weighted by Crippen LogP contribution is 2.13. The number of carbonyl (C=O) groups is 1. The number of aromatic nitrogens is 1. The Kier molecular flexibility index (Phi) is 12.1. The van der Waals surface area contributed by atoms with Gasteiger partial charge in [0.2, 0.25) is 0 Å². The molecule has 0 unspecified atom stereocenters. The van der Waals surface area contributed by atoms with E-state index < -0.39 is 5.97 Å². The number of aliphatic carboxylic acids is 1. The number of rotatable bonds is 15. The Morgan fingerprint density at radius 2 is 1.33 bits per heavy atom. The smallest absolute Gasteiger partial charge is 0.303 e. The lowest BCUT2D eigenvalue weighted by Crippen LogP contribution is -2.32. The van der Waals surface area contributed by atoms with Crippen LogP contribution >= 0.6 is 0 Å². The fraction of sp³-hybridized carbons (Fsp3) is 0.714. The van der Waals surface area contributed by atoms with Gasteiger partial charge in [-0.2, -0.15) is 0 Å². The molecule has 0 bridgehead atoms. The third-order valence-corrected chi connectivity index (χ3v) is 4.74. The first-order valence-corrected chi connectivity index (χ1v) is 9.85. The maximum atomic E-state index is 10.4. The van der Waals surface area contributed by atoms with E-state index in [2.05, 4.69) is 36.0 Å². The molecule has 0 saturated carbocycles. The quantitative estimate of drug-likeness (QED) is 0.353. The van der Waals surface area contributed by atoms with Crippen molar-refractivity contribution in [3.05, 3.63) is 30.1 Å². The zero-order chi connectivity index (χ0) is 17.5. The topological polar surface area (TPSA) is 41.2 Å². The number of hydrogen-bond acceptors (Lipinski definition) is 1. The highest BCUT2D eigenvalue weighted by atomic mass is 16.4. The third-order valence-electron chi connectivity index (χ3n) is 4.74. The first-order valence-electron chi connectivity index (χ1n) is 9.85. The number of unbranched alkanes of at least 4 members (excludes halogenated alkanes) is 11. The molecule has 0 aromatic carbocycles. The van der Waals surface area contributed by atoms with Crippen molar-refractivity contribution in [1.29, 1.82) is 0 Å². The van der Waals surface area contributed by atoms with Gasteiger partial charge in [-0.3, -0.25) is 4.79 Å². The van der Waals surface area contributed by atoms with Gasteiger partial charge in [0.05, 0.1) is 0 Å². The van der Waals surface area contributed by atoms with Crippen LogP contribution in [0.4, 0.5) is 0 Å². The van der Waals surface area contributed by atoms with Gasteiger partial charge in [0.1, 0.15) is 7.05 Å². The minimum absolute atomic E-state index is 0.336. The molecule has 1 rings (SSSR count). The van der Waals surface area contributed by atoms with Gasteiger partial charge in [0.25, 0.3) is 0 Å². The Morgan fingerprint density at radius 1 is 0.833 bits per heavy atom. The fourth-order valence-electron chi connectivity index (χ4n) is 3.17. The van der Waals surface area contributed by atoms with E-state index in [-0.39, 0.29) is 0 Å². The van der Waals surface area contributed by atoms with Crippen molar-refractivity contribution < 1.29 is 14.5 Å². The van der Waals surface area contributed by atoms with E-state index in [1.807, 2.05) is 0 Å². The second-order valence-electron chi connectivity index (χ2n) is 6.94. The number of carboxylic acid groups (broad SMARTS) is 1. The molecular weight excluding hydrogens is 298 g/mol. The summed E-state index contributed by atoms with van der Waals surface area (Å²) in [6.45, 7) is 0. The van der Waals surface area contributed by atoms with Gasteiger partial charge in [-0.15, -0.1) is 0 Å². The molecule has 0 aliphatic heterocycles. The van der Waals surface area contributed by atoms with Crippen LogP contribution in [0, 0.1) is 0 Å². The zero-order valence-corrected chi connectivity index (χ0v) is 15.5. The number of carboxylic acids is 1. The molecule has 3 heteroatoms. The lowest BCUT2D eigenvalue weighted by molar-refractivity contribution is -0.679. The molecule has 0 spiro atoms. The van der Waals surface area contributed by atoms with E-state index in [1.165, 1.54) is 76.3 Å². The van der Waals surface area contributed by atoms with Gasteiger partial charge in [-0.25, -0.2) is 4.57 Å². The maximum Gasteiger partial charge on any atom is 0.303 e. The van der Waals surface area contributed by atoms with Crippen molar-refractivity contribution in [2.45, 2.75) is 89.9 Å². The average molecular weight is 335 g/mol. The van der Waals surface area contributed by atoms with Crippen LogP contribution in [0.1, 0.15) is 89.2 Å². The number of aryl methyl sites for hydroxylation is 2. The third kappa shape index (κ3) is 11.2. The Morgan fingerprint density at radius 3 is 1.83 bits per heavy atom. The molecule has 0 saturated heterocycles. The molecule has 0 radical (unpaired) electrons. The minimum atomic E-state index is -0.660. The first kappa shape index (κ1) is 20.7. The summed E-state index contributed by atoms with van der Waals surface area (Å²) in [5.74, 6) is -0.660. The molecule has 0 atom stereocenters.